The zero-order valence-electron chi connectivity index (χ0n) is 12.7. The van der Waals surface area contributed by atoms with Crippen LogP contribution in [0.2, 0.25) is 0 Å². The number of aromatic nitrogens is 3. The van der Waals surface area contributed by atoms with Crippen LogP contribution >= 0.6 is 33.9 Å². The Balaban J connectivity index is 1.79. The highest BCUT2D eigenvalue weighted by Crippen LogP contribution is 2.17. The summed E-state index contributed by atoms with van der Waals surface area (Å²) >= 11 is 3.62. The number of halogens is 1. The first-order valence-electron chi connectivity index (χ1n) is 7.34. The van der Waals surface area contributed by atoms with E-state index < -0.39 is 0 Å². The number of thiazole rings is 1. The molecule has 24 heavy (non-hydrogen) atoms. The number of hydrogen-bond acceptors (Lipinski definition) is 4. The third-order valence-corrected chi connectivity index (χ3v) is 5.34. The summed E-state index contributed by atoms with van der Waals surface area (Å²) in [6, 6.07) is 16.0. The summed E-state index contributed by atoms with van der Waals surface area (Å²) < 4.78 is 3.19. The molecular weight excluding hydrogens is 433 g/mol. The SMILES string of the molecule is Cc1ccc(-c2nc3sc(=Cc4ccc(I)cc4)c(=O)n3n2)cc1. The third kappa shape index (κ3) is 2.87. The van der Waals surface area contributed by atoms with Gasteiger partial charge in [0.2, 0.25) is 4.96 Å². The van der Waals surface area contributed by atoms with E-state index in [0.717, 1.165) is 14.7 Å². The van der Waals surface area contributed by atoms with E-state index in [9.17, 15) is 4.79 Å². The molecule has 0 N–H and O–H groups in total. The quantitative estimate of drug-likeness (QED) is 0.445. The van der Waals surface area contributed by atoms with Gasteiger partial charge in [-0.15, -0.1) is 5.10 Å². The van der Waals surface area contributed by atoms with Gasteiger partial charge in [-0.2, -0.15) is 9.50 Å². The third-order valence-electron chi connectivity index (χ3n) is 3.66. The van der Waals surface area contributed by atoms with E-state index in [1.165, 1.54) is 21.4 Å². The van der Waals surface area contributed by atoms with Gasteiger partial charge < -0.3 is 0 Å². The van der Waals surface area contributed by atoms with E-state index in [0.29, 0.717) is 15.3 Å². The lowest BCUT2D eigenvalue weighted by Crippen LogP contribution is -2.23. The van der Waals surface area contributed by atoms with Crippen LogP contribution in [0.25, 0.3) is 22.4 Å². The first kappa shape index (κ1) is 15.5. The molecule has 0 aliphatic heterocycles. The fourth-order valence-corrected chi connectivity index (χ4v) is 3.64. The second-order valence-electron chi connectivity index (χ2n) is 5.46. The Morgan fingerprint density at radius 2 is 1.79 bits per heavy atom. The normalized spacial score (nSPS) is 12.2. The number of hydrogen-bond donors (Lipinski definition) is 0. The predicted molar refractivity (Wildman–Crippen MR) is 105 cm³/mol. The molecule has 2 aromatic heterocycles. The fourth-order valence-electron chi connectivity index (χ4n) is 2.37. The molecule has 0 atom stereocenters. The van der Waals surface area contributed by atoms with Crippen LogP contribution in [0.4, 0.5) is 0 Å². The lowest BCUT2D eigenvalue weighted by molar-refractivity contribution is 0.937. The zero-order chi connectivity index (χ0) is 16.7. The maximum atomic E-state index is 12.5. The molecule has 4 rings (SSSR count). The second-order valence-corrected chi connectivity index (χ2v) is 7.72. The average Bonchev–Trinajstić information content (AvgIpc) is 3.11. The van der Waals surface area contributed by atoms with Crippen molar-refractivity contribution in [3.63, 3.8) is 0 Å². The Bertz CT molecular complexity index is 1130. The van der Waals surface area contributed by atoms with E-state index in [-0.39, 0.29) is 5.56 Å². The number of fused-ring (bicyclic) bond motifs is 1. The van der Waals surface area contributed by atoms with Crippen LogP contribution in [-0.2, 0) is 0 Å². The van der Waals surface area contributed by atoms with Crippen LogP contribution < -0.4 is 10.1 Å². The lowest BCUT2D eigenvalue weighted by Gasteiger charge is -1.95. The molecule has 118 valence electrons. The molecule has 0 fully saturated rings. The number of nitrogens with zero attached hydrogens (tertiary/aromatic N) is 3. The van der Waals surface area contributed by atoms with Crippen molar-refractivity contribution < 1.29 is 0 Å². The summed E-state index contributed by atoms with van der Waals surface area (Å²) in [6.45, 7) is 2.03. The molecule has 0 saturated heterocycles. The number of aryl methyl sites for hydroxylation is 1. The van der Waals surface area contributed by atoms with E-state index in [4.69, 9.17) is 0 Å². The van der Waals surface area contributed by atoms with Crippen molar-refractivity contribution in [3.05, 3.63) is 78.1 Å². The molecule has 0 saturated carbocycles. The van der Waals surface area contributed by atoms with Crippen molar-refractivity contribution in [1.29, 1.82) is 0 Å². The predicted octanol–water partition coefficient (Wildman–Crippen LogP) is 3.28. The minimum atomic E-state index is -0.126. The van der Waals surface area contributed by atoms with E-state index in [1.807, 2.05) is 61.5 Å². The van der Waals surface area contributed by atoms with Crippen molar-refractivity contribution in [2.75, 3.05) is 0 Å². The van der Waals surface area contributed by atoms with Gasteiger partial charge in [0.05, 0.1) is 4.53 Å². The van der Waals surface area contributed by atoms with Crippen LogP contribution in [-0.4, -0.2) is 14.6 Å². The largest absolute Gasteiger partial charge is 0.291 e. The Morgan fingerprint density at radius 3 is 2.46 bits per heavy atom. The first-order chi connectivity index (χ1) is 11.6. The highest BCUT2D eigenvalue weighted by atomic mass is 127. The van der Waals surface area contributed by atoms with Crippen molar-refractivity contribution in [2.24, 2.45) is 0 Å². The minimum absolute atomic E-state index is 0.126. The minimum Gasteiger partial charge on any atom is -0.266 e. The summed E-state index contributed by atoms with van der Waals surface area (Å²) in [7, 11) is 0. The molecular formula is C18H12IN3OS. The van der Waals surface area contributed by atoms with Gasteiger partial charge in [0.25, 0.3) is 5.56 Å². The Morgan fingerprint density at radius 1 is 1.08 bits per heavy atom. The van der Waals surface area contributed by atoms with Gasteiger partial charge in [-0.3, -0.25) is 4.79 Å². The molecule has 0 radical (unpaired) electrons. The lowest BCUT2D eigenvalue weighted by atomic mass is 10.1. The molecule has 2 aromatic carbocycles. The summed E-state index contributed by atoms with van der Waals surface area (Å²) in [5.41, 5.74) is 2.97. The maximum absolute atomic E-state index is 12.5. The van der Waals surface area contributed by atoms with Crippen LogP contribution in [0.1, 0.15) is 11.1 Å². The van der Waals surface area contributed by atoms with Crippen LogP contribution in [0.3, 0.4) is 0 Å². The molecule has 6 heteroatoms. The molecule has 4 nitrogen and oxygen atoms in total. The average molecular weight is 445 g/mol. The second kappa shape index (κ2) is 6.10. The van der Waals surface area contributed by atoms with Gasteiger partial charge >= 0.3 is 0 Å². The molecule has 0 aliphatic carbocycles. The maximum Gasteiger partial charge on any atom is 0.291 e. The van der Waals surface area contributed by atoms with Crippen LogP contribution in [0, 0.1) is 10.5 Å². The van der Waals surface area contributed by atoms with Gasteiger partial charge in [-0.05, 0) is 53.3 Å². The van der Waals surface area contributed by atoms with Crippen molar-refractivity contribution in [2.45, 2.75) is 6.92 Å². The molecule has 2 heterocycles. The molecule has 0 aliphatic rings. The highest BCUT2D eigenvalue weighted by molar-refractivity contribution is 14.1. The highest BCUT2D eigenvalue weighted by Gasteiger charge is 2.11. The smallest absolute Gasteiger partial charge is 0.266 e. The standard InChI is InChI=1S/C18H12IN3OS/c1-11-2-6-13(7-3-11)16-20-18-22(21-16)17(23)15(24-18)10-12-4-8-14(19)9-5-12/h2-10H,1H3. The van der Waals surface area contributed by atoms with Crippen molar-refractivity contribution in [3.8, 4) is 11.4 Å². The van der Waals surface area contributed by atoms with Gasteiger partial charge in [0.15, 0.2) is 5.82 Å². The van der Waals surface area contributed by atoms with Crippen molar-refractivity contribution in [1.82, 2.24) is 14.6 Å². The molecule has 0 bridgehead atoms. The van der Waals surface area contributed by atoms with Gasteiger partial charge in [0.1, 0.15) is 0 Å². The van der Waals surface area contributed by atoms with Gasteiger partial charge in [-0.25, -0.2) is 0 Å². The Kier molecular flexibility index (Phi) is 3.93. The molecule has 4 aromatic rings. The molecule has 0 amide bonds. The topological polar surface area (TPSA) is 47.3 Å². The summed E-state index contributed by atoms with van der Waals surface area (Å²) in [6.07, 6.45) is 1.88. The fraction of sp³-hybridized carbons (Fsp3) is 0.0556. The zero-order valence-corrected chi connectivity index (χ0v) is 15.7. The summed E-state index contributed by atoms with van der Waals surface area (Å²) in [5.74, 6) is 0.583. The first-order valence-corrected chi connectivity index (χ1v) is 9.23. The monoisotopic (exact) mass is 445 g/mol. The molecule has 0 unspecified atom stereocenters. The molecule has 0 spiro atoms. The van der Waals surface area contributed by atoms with E-state index in [2.05, 4.69) is 32.7 Å². The van der Waals surface area contributed by atoms with Gasteiger partial charge in [-0.1, -0.05) is 53.3 Å². The van der Waals surface area contributed by atoms with Crippen molar-refractivity contribution >= 4 is 45.0 Å². The van der Waals surface area contributed by atoms with Crippen LogP contribution in [0.15, 0.2) is 53.3 Å². The van der Waals surface area contributed by atoms with E-state index >= 15 is 0 Å². The number of benzene rings is 2. The van der Waals surface area contributed by atoms with Crippen LogP contribution in [0.5, 0.6) is 0 Å². The summed E-state index contributed by atoms with van der Waals surface area (Å²) in [4.78, 5) is 17.7. The number of rotatable bonds is 2. The van der Waals surface area contributed by atoms with E-state index in [1.54, 1.807) is 0 Å². The summed E-state index contributed by atoms with van der Waals surface area (Å²) in [5, 5.41) is 4.37. The van der Waals surface area contributed by atoms with Gasteiger partial charge in [0, 0.05) is 9.13 Å². The Hall–Kier alpha value is -2.06. The Labute approximate surface area is 155 Å².